The van der Waals surface area contributed by atoms with Crippen LogP contribution in [0.3, 0.4) is 0 Å². The highest BCUT2D eigenvalue weighted by Crippen LogP contribution is 2.32. The predicted molar refractivity (Wildman–Crippen MR) is 76.8 cm³/mol. The molecule has 0 amide bonds. The Morgan fingerprint density at radius 1 is 1.35 bits per heavy atom. The normalized spacial score (nSPS) is 14.2. The predicted octanol–water partition coefficient (Wildman–Crippen LogP) is 3.36. The first-order valence-electron chi connectivity index (χ1n) is 6.06. The van der Waals surface area contributed by atoms with Gasteiger partial charge < -0.3 is 10.2 Å². The Kier molecular flexibility index (Phi) is 5.77. The molecule has 2 atom stereocenters. The summed E-state index contributed by atoms with van der Waals surface area (Å²) >= 11 is 5.87. The molecule has 1 aromatic rings. The Morgan fingerprint density at radius 2 is 2.00 bits per heavy atom. The van der Waals surface area contributed by atoms with Crippen LogP contribution in [0.15, 0.2) is 30.4 Å². The van der Waals surface area contributed by atoms with Crippen molar-refractivity contribution < 1.29 is 19.8 Å². The maximum atomic E-state index is 11.5. The fourth-order valence-corrected chi connectivity index (χ4v) is 2.22. The number of benzene rings is 1. The molecule has 0 fully saturated rings. The maximum absolute atomic E-state index is 11.5. The van der Waals surface area contributed by atoms with Gasteiger partial charge in [0.2, 0.25) is 0 Å². The topological polar surface area (TPSA) is 74.6 Å². The van der Waals surface area contributed by atoms with Gasteiger partial charge in [0.05, 0.1) is 11.8 Å². The molecule has 2 unspecified atom stereocenters. The van der Waals surface area contributed by atoms with Gasteiger partial charge >= 0.3 is 11.9 Å². The van der Waals surface area contributed by atoms with E-state index in [0.29, 0.717) is 16.1 Å². The lowest BCUT2D eigenvalue weighted by Gasteiger charge is -2.21. The van der Waals surface area contributed by atoms with Crippen LogP contribution in [-0.2, 0) is 9.59 Å². The van der Waals surface area contributed by atoms with Gasteiger partial charge in [-0.2, -0.15) is 0 Å². The zero-order valence-electron chi connectivity index (χ0n) is 11.0. The zero-order chi connectivity index (χ0) is 15.3. The number of hydrogen-bond donors (Lipinski definition) is 2. The molecule has 107 valence electrons. The lowest BCUT2D eigenvalue weighted by Crippen LogP contribution is -2.28. The third-order valence-corrected chi connectivity index (χ3v) is 3.29. The van der Waals surface area contributed by atoms with Gasteiger partial charge in [-0.15, -0.1) is 0 Å². The number of carbonyl (C=O) groups is 2. The van der Waals surface area contributed by atoms with E-state index in [-0.39, 0.29) is 6.42 Å². The highest BCUT2D eigenvalue weighted by atomic mass is 35.5. The largest absolute Gasteiger partial charge is 0.481 e. The van der Waals surface area contributed by atoms with E-state index in [2.05, 4.69) is 6.92 Å². The Balaban J connectivity index is 3.30. The van der Waals surface area contributed by atoms with Crippen molar-refractivity contribution in [2.75, 3.05) is 0 Å². The van der Waals surface area contributed by atoms with Crippen LogP contribution in [0.25, 0.3) is 0 Å². The van der Waals surface area contributed by atoms with E-state index in [0.717, 1.165) is 0 Å². The summed E-state index contributed by atoms with van der Waals surface area (Å²) in [5.74, 6) is -4.61. The second kappa shape index (κ2) is 7.10. The molecule has 1 aromatic carbocycles. The molecule has 20 heavy (non-hydrogen) atoms. The molecule has 0 aliphatic carbocycles. The van der Waals surface area contributed by atoms with Crippen LogP contribution >= 0.6 is 11.6 Å². The molecule has 1 radical (unpaired) electrons. The van der Waals surface area contributed by atoms with Gasteiger partial charge in [-0.25, -0.2) is 0 Å². The van der Waals surface area contributed by atoms with Crippen molar-refractivity contribution in [2.45, 2.75) is 19.3 Å². The minimum atomic E-state index is -1.20. The molecule has 0 saturated heterocycles. The lowest BCUT2D eigenvalue weighted by molar-refractivity contribution is -0.150. The van der Waals surface area contributed by atoms with Gasteiger partial charge in [-0.1, -0.05) is 29.8 Å². The van der Waals surface area contributed by atoms with E-state index in [1.165, 1.54) is 6.07 Å². The lowest BCUT2D eigenvalue weighted by atomic mass is 9.82. The molecule has 0 spiro atoms. The Labute approximate surface area is 122 Å². The van der Waals surface area contributed by atoms with Crippen LogP contribution < -0.4 is 0 Å². The van der Waals surface area contributed by atoms with Gasteiger partial charge in [0, 0.05) is 5.02 Å². The van der Waals surface area contributed by atoms with Crippen molar-refractivity contribution in [2.24, 2.45) is 5.92 Å². The molecule has 2 N–H and O–H groups in total. The van der Waals surface area contributed by atoms with Crippen molar-refractivity contribution in [1.29, 1.82) is 0 Å². The van der Waals surface area contributed by atoms with E-state index < -0.39 is 23.8 Å². The second-order valence-corrected chi connectivity index (χ2v) is 4.84. The van der Waals surface area contributed by atoms with E-state index in [4.69, 9.17) is 11.6 Å². The van der Waals surface area contributed by atoms with Gasteiger partial charge in [0.25, 0.3) is 0 Å². The standard InChI is InChI=1S/C15H16ClO4/c1-3-4-5-11(14(17)18)13(15(19)20)12-8-10(16)7-6-9(12)2/h3-4,6-8,11,13H,2,5H2,1H3,(H,17,18)(H,19,20). The molecule has 0 heterocycles. The van der Waals surface area contributed by atoms with Crippen LogP contribution in [0.5, 0.6) is 0 Å². The molecule has 0 bridgehead atoms. The first-order valence-corrected chi connectivity index (χ1v) is 6.44. The Morgan fingerprint density at radius 3 is 2.50 bits per heavy atom. The molecule has 0 aliphatic rings. The summed E-state index contributed by atoms with van der Waals surface area (Å²) in [5, 5.41) is 19.0. The average Bonchev–Trinajstić information content (AvgIpc) is 2.37. The molecule has 4 nitrogen and oxygen atoms in total. The minimum absolute atomic E-state index is 0.134. The molecule has 0 saturated carbocycles. The van der Waals surface area contributed by atoms with Gasteiger partial charge in [-0.3, -0.25) is 9.59 Å². The maximum Gasteiger partial charge on any atom is 0.311 e. The van der Waals surface area contributed by atoms with E-state index >= 15 is 0 Å². The average molecular weight is 296 g/mol. The summed E-state index contributed by atoms with van der Waals surface area (Å²) in [6.45, 7) is 5.50. The number of allylic oxidation sites excluding steroid dienone is 2. The fraction of sp³-hybridized carbons (Fsp3) is 0.267. The van der Waals surface area contributed by atoms with Crippen molar-refractivity contribution in [3.63, 3.8) is 0 Å². The number of rotatable bonds is 6. The van der Waals surface area contributed by atoms with Crippen molar-refractivity contribution >= 4 is 23.5 Å². The van der Waals surface area contributed by atoms with Crippen LogP contribution in [-0.4, -0.2) is 22.2 Å². The van der Waals surface area contributed by atoms with Crippen LogP contribution in [0.4, 0.5) is 0 Å². The van der Waals surface area contributed by atoms with E-state index in [1.807, 2.05) is 0 Å². The fourth-order valence-electron chi connectivity index (χ4n) is 2.04. The third kappa shape index (κ3) is 3.84. The summed E-state index contributed by atoms with van der Waals surface area (Å²) in [6.07, 6.45) is 3.47. The summed E-state index contributed by atoms with van der Waals surface area (Å²) in [5.41, 5.74) is 0.801. The molecule has 0 aromatic heterocycles. The number of hydrogen-bond acceptors (Lipinski definition) is 2. The molecule has 5 heteroatoms. The number of halogens is 1. The quantitative estimate of drug-likeness (QED) is 0.789. The highest BCUT2D eigenvalue weighted by molar-refractivity contribution is 6.30. The van der Waals surface area contributed by atoms with Crippen LogP contribution in [0.2, 0.25) is 5.02 Å². The molecule has 0 aliphatic heterocycles. The zero-order valence-corrected chi connectivity index (χ0v) is 11.8. The molecular formula is C15H16ClO4. The van der Waals surface area contributed by atoms with E-state index in [9.17, 15) is 19.8 Å². The van der Waals surface area contributed by atoms with Crippen molar-refractivity contribution in [3.8, 4) is 0 Å². The second-order valence-electron chi connectivity index (χ2n) is 4.41. The summed E-state index contributed by atoms with van der Waals surface area (Å²) < 4.78 is 0. The Bertz CT molecular complexity index is 537. The monoisotopic (exact) mass is 295 g/mol. The molecule has 1 rings (SSSR count). The van der Waals surface area contributed by atoms with Crippen LogP contribution in [0, 0.1) is 12.8 Å². The van der Waals surface area contributed by atoms with Gasteiger partial charge in [-0.05, 0) is 43.5 Å². The van der Waals surface area contributed by atoms with E-state index in [1.54, 1.807) is 31.2 Å². The van der Waals surface area contributed by atoms with Crippen molar-refractivity contribution in [1.82, 2.24) is 0 Å². The number of carboxylic acid groups (broad SMARTS) is 2. The SMILES string of the molecule is [CH2]c1ccc(Cl)cc1C(C(=O)O)C(CC=CC)C(=O)O. The van der Waals surface area contributed by atoms with Crippen molar-refractivity contribution in [3.05, 3.63) is 53.4 Å². The summed E-state index contributed by atoms with van der Waals surface area (Å²) in [4.78, 5) is 22.9. The third-order valence-electron chi connectivity index (χ3n) is 3.05. The number of carboxylic acids is 2. The molecular weight excluding hydrogens is 280 g/mol. The summed E-state index contributed by atoms with van der Waals surface area (Å²) in [6, 6.07) is 4.64. The first kappa shape index (κ1) is 16.2. The summed E-state index contributed by atoms with van der Waals surface area (Å²) in [7, 11) is 0. The minimum Gasteiger partial charge on any atom is -0.481 e. The van der Waals surface area contributed by atoms with Gasteiger partial charge in [0.15, 0.2) is 0 Å². The number of aliphatic carboxylic acids is 2. The van der Waals surface area contributed by atoms with Gasteiger partial charge in [0.1, 0.15) is 0 Å². The highest BCUT2D eigenvalue weighted by Gasteiger charge is 2.35. The Hall–Kier alpha value is -1.81. The van der Waals surface area contributed by atoms with Crippen LogP contribution in [0.1, 0.15) is 30.4 Å². The smallest absolute Gasteiger partial charge is 0.311 e. The first-order chi connectivity index (χ1) is 9.38.